The molecule has 28 heavy (non-hydrogen) atoms. The van der Waals surface area contributed by atoms with Gasteiger partial charge in [0.1, 0.15) is 0 Å². The van der Waals surface area contributed by atoms with Crippen molar-refractivity contribution >= 4 is 8.32 Å². The van der Waals surface area contributed by atoms with E-state index in [2.05, 4.69) is 33.9 Å². The van der Waals surface area contributed by atoms with Crippen LogP contribution in [0.2, 0.25) is 18.1 Å². The highest BCUT2D eigenvalue weighted by Gasteiger charge is 2.69. The van der Waals surface area contributed by atoms with Crippen molar-refractivity contribution in [1.29, 1.82) is 0 Å². The minimum atomic E-state index is -2.22. The number of hydrogen-bond donors (Lipinski definition) is 1. The number of rotatable bonds is 7. The summed E-state index contributed by atoms with van der Waals surface area (Å²) in [6, 6.07) is 9.63. The van der Waals surface area contributed by atoms with Crippen molar-refractivity contribution in [2.24, 2.45) is 0 Å². The molecule has 0 aliphatic heterocycles. The highest BCUT2D eigenvalue weighted by Crippen LogP contribution is 2.59. The summed E-state index contributed by atoms with van der Waals surface area (Å²) in [5.74, 6) is 1.07. The lowest BCUT2D eigenvalue weighted by Crippen LogP contribution is -2.67. The van der Waals surface area contributed by atoms with Crippen molar-refractivity contribution in [3.63, 3.8) is 0 Å². The summed E-state index contributed by atoms with van der Waals surface area (Å²) in [6.45, 7) is 20.8. The lowest BCUT2D eigenvalue weighted by Gasteiger charge is -2.58. The molecule has 4 nitrogen and oxygen atoms in total. The van der Waals surface area contributed by atoms with E-state index in [9.17, 15) is 5.11 Å². The number of benzene rings is 1. The number of hydrogen-bond acceptors (Lipinski definition) is 4. The molecule has 0 saturated carbocycles. The molecule has 0 amide bonds. The zero-order valence-corrected chi connectivity index (χ0v) is 20.2. The fourth-order valence-corrected chi connectivity index (χ4v) is 4.91. The van der Waals surface area contributed by atoms with Crippen molar-refractivity contribution in [2.75, 3.05) is 0 Å². The van der Waals surface area contributed by atoms with Gasteiger partial charge in [-0.2, -0.15) is 0 Å². The fraction of sp³-hybridized carbons (Fsp3) is 0.652. The van der Waals surface area contributed by atoms with Crippen molar-refractivity contribution in [1.82, 2.24) is 0 Å². The predicted molar refractivity (Wildman–Crippen MR) is 116 cm³/mol. The lowest BCUT2D eigenvalue weighted by molar-refractivity contribution is -0.197. The largest absolute Gasteiger partial charge is 0.489 e. The summed E-state index contributed by atoms with van der Waals surface area (Å²) >= 11 is 0. The molecule has 0 aromatic heterocycles. The molecule has 1 aliphatic carbocycles. The Kier molecular flexibility index (Phi) is 6.16. The van der Waals surface area contributed by atoms with Gasteiger partial charge in [0.25, 0.3) is 0 Å². The van der Waals surface area contributed by atoms with Crippen LogP contribution in [0.1, 0.15) is 61.0 Å². The van der Waals surface area contributed by atoms with Gasteiger partial charge in [0.05, 0.1) is 12.2 Å². The molecule has 0 bridgehead atoms. The molecule has 0 heterocycles. The van der Waals surface area contributed by atoms with Crippen LogP contribution in [0.25, 0.3) is 0 Å². The van der Waals surface area contributed by atoms with E-state index in [0.717, 1.165) is 5.56 Å². The van der Waals surface area contributed by atoms with E-state index in [4.69, 9.17) is 13.9 Å². The van der Waals surface area contributed by atoms with Gasteiger partial charge in [0.15, 0.2) is 31.0 Å². The van der Waals surface area contributed by atoms with Crippen LogP contribution in [0.5, 0.6) is 0 Å². The van der Waals surface area contributed by atoms with Gasteiger partial charge in [0.2, 0.25) is 0 Å². The van der Waals surface area contributed by atoms with Gasteiger partial charge in [-0.3, -0.25) is 0 Å². The van der Waals surface area contributed by atoms with E-state index in [-0.39, 0.29) is 17.2 Å². The van der Waals surface area contributed by atoms with Gasteiger partial charge in [-0.15, -0.1) is 0 Å². The molecule has 0 radical (unpaired) electrons. The minimum absolute atomic E-state index is 0.00872. The van der Waals surface area contributed by atoms with Crippen molar-refractivity contribution < 1.29 is 19.0 Å². The maximum atomic E-state index is 12.1. The fourth-order valence-electron chi connectivity index (χ4n) is 3.35. The highest BCUT2D eigenvalue weighted by atomic mass is 28.4. The summed E-state index contributed by atoms with van der Waals surface area (Å²) in [5.41, 5.74) is -1.67. The Morgan fingerprint density at radius 1 is 0.893 bits per heavy atom. The SMILES string of the molecule is CC(C)OC1=C(OC(C)C)C(O)(c2ccccc2)C1(C)O[Si](C)(C)C(C)(C)C. The van der Waals surface area contributed by atoms with E-state index in [0.29, 0.717) is 11.5 Å². The first kappa shape index (κ1) is 23.0. The third kappa shape index (κ3) is 3.76. The van der Waals surface area contributed by atoms with E-state index in [1.807, 2.05) is 65.0 Å². The molecule has 158 valence electrons. The van der Waals surface area contributed by atoms with Crippen LogP contribution in [0, 0.1) is 0 Å². The summed E-state index contributed by atoms with van der Waals surface area (Å²) in [6.07, 6.45) is -0.142. The molecular weight excluding hydrogens is 368 g/mol. The third-order valence-corrected chi connectivity index (χ3v) is 10.4. The van der Waals surface area contributed by atoms with Gasteiger partial charge in [-0.25, -0.2) is 0 Å². The van der Waals surface area contributed by atoms with E-state index in [1.165, 1.54) is 0 Å². The first-order chi connectivity index (χ1) is 12.7. The average molecular weight is 407 g/mol. The molecule has 1 aliphatic rings. The van der Waals surface area contributed by atoms with Gasteiger partial charge >= 0.3 is 0 Å². The van der Waals surface area contributed by atoms with Crippen LogP contribution in [0.15, 0.2) is 41.9 Å². The third-order valence-electron chi connectivity index (χ3n) is 5.82. The lowest BCUT2D eigenvalue weighted by atomic mass is 9.66. The second kappa shape index (κ2) is 7.51. The monoisotopic (exact) mass is 406 g/mol. The van der Waals surface area contributed by atoms with Crippen molar-refractivity contribution in [3.8, 4) is 0 Å². The van der Waals surface area contributed by atoms with Crippen LogP contribution in [-0.2, 0) is 19.5 Å². The molecule has 1 aromatic carbocycles. The number of ether oxygens (including phenoxy) is 2. The zero-order valence-electron chi connectivity index (χ0n) is 19.2. The van der Waals surface area contributed by atoms with E-state index >= 15 is 0 Å². The highest BCUT2D eigenvalue weighted by molar-refractivity contribution is 6.74. The smallest absolute Gasteiger partial charge is 0.193 e. The Bertz CT molecular complexity index is 718. The van der Waals surface area contributed by atoms with Crippen LogP contribution >= 0.6 is 0 Å². The van der Waals surface area contributed by atoms with Crippen molar-refractivity contribution in [2.45, 2.75) is 96.9 Å². The molecule has 2 unspecified atom stereocenters. The molecular formula is C23H38O4Si. The Morgan fingerprint density at radius 3 is 1.79 bits per heavy atom. The van der Waals surface area contributed by atoms with Crippen LogP contribution in [0.3, 0.4) is 0 Å². The topological polar surface area (TPSA) is 47.9 Å². The maximum absolute atomic E-state index is 12.1. The van der Waals surface area contributed by atoms with Gasteiger partial charge in [-0.05, 0) is 58.3 Å². The van der Waals surface area contributed by atoms with Gasteiger partial charge < -0.3 is 19.0 Å². The standard InChI is InChI=1S/C23H38O4Si/c1-16(2)25-19-20(26-17(3)4)23(24,18-14-12-11-13-15-18)22(19,8)27-28(9,10)21(5,6)7/h11-17,24H,1-10H3. The molecule has 5 heteroatoms. The Balaban J connectivity index is 2.68. The van der Waals surface area contributed by atoms with Crippen LogP contribution in [-0.4, -0.2) is 31.2 Å². The summed E-state index contributed by atoms with van der Waals surface area (Å²) in [4.78, 5) is 0. The second-order valence-electron chi connectivity index (χ2n) is 9.96. The predicted octanol–water partition coefficient (Wildman–Crippen LogP) is 5.73. The summed E-state index contributed by atoms with van der Waals surface area (Å²) in [7, 11) is -2.22. The molecule has 0 spiro atoms. The van der Waals surface area contributed by atoms with Crippen LogP contribution in [0.4, 0.5) is 0 Å². The van der Waals surface area contributed by atoms with E-state index < -0.39 is 19.5 Å². The summed E-state index contributed by atoms with van der Waals surface area (Å²) in [5, 5.41) is 12.0. The molecule has 0 saturated heterocycles. The van der Waals surface area contributed by atoms with Gasteiger partial charge in [0, 0.05) is 0 Å². The van der Waals surface area contributed by atoms with E-state index in [1.54, 1.807) is 0 Å². The Morgan fingerprint density at radius 2 is 1.36 bits per heavy atom. The Labute approximate surface area is 172 Å². The first-order valence-corrected chi connectivity index (χ1v) is 13.1. The maximum Gasteiger partial charge on any atom is 0.193 e. The normalized spacial score (nSPS) is 25.9. The van der Waals surface area contributed by atoms with Gasteiger partial charge in [-0.1, -0.05) is 51.1 Å². The minimum Gasteiger partial charge on any atom is -0.489 e. The average Bonchev–Trinajstić information content (AvgIpc) is 2.56. The molecule has 2 rings (SSSR count). The molecule has 1 N–H and O–H groups in total. The van der Waals surface area contributed by atoms with Crippen LogP contribution < -0.4 is 0 Å². The second-order valence-corrected chi connectivity index (χ2v) is 14.7. The van der Waals surface area contributed by atoms with Crippen molar-refractivity contribution in [3.05, 3.63) is 47.4 Å². The number of aliphatic hydroxyl groups is 1. The molecule has 2 atom stereocenters. The summed E-state index contributed by atoms with van der Waals surface area (Å²) < 4.78 is 19.1. The first-order valence-electron chi connectivity index (χ1n) is 10.2. The molecule has 0 fully saturated rings. The molecule has 1 aromatic rings. The quantitative estimate of drug-likeness (QED) is 0.587. The Hall–Kier alpha value is -1.30. The zero-order chi connectivity index (χ0) is 21.5.